The van der Waals surface area contributed by atoms with Gasteiger partial charge in [0.2, 0.25) is 0 Å². The second-order valence-electron chi connectivity index (χ2n) is 3.26. The fourth-order valence-corrected chi connectivity index (χ4v) is 2.35. The lowest BCUT2D eigenvalue weighted by atomic mass is 9.92. The predicted molar refractivity (Wildman–Crippen MR) is 49.2 cm³/mol. The molecule has 0 saturated carbocycles. The maximum Gasteiger partial charge on any atom is -0.0140 e. The Morgan fingerprint density at radius 2 is 2.20 bits per heavy atom. The average Bonchev–Trinajstić information content (AvgIpc) is 1.94. The highest BCUT2D eigenvalue weighted by Gasteiger charge is 2.13. The average molecular weight is 156 g/mol. The van der Waals surface area contributed by atoms with Gasteiger partial charge in [-0.05, 0) is 43.3 Å². The Morgan fingerprint density at radius 3 is 2.70 bits per heavy atom. The SMILES string of the molecule is CSC1=C(C)CC[C@H](C)C1. The molecule has 0 radical (unpaired) electrons. The first kappa shape index (κ1) is 8.19. The maximum atomic E-state index is 2.35. The molecule has 0 N–H and O–H groups in total. The molecular weight excluding hydrogens is 140 g/mol. The minimum Gasteiger partial charge on any atom is -0.134 e. The quantitative estimate of drug-likeness (QED) is 0.560. The van der Waals surface area contributed by atoms with E-state index >= 15 is 0 Å². The molecular formula is C9H16S. The van der Waals surface area contributed by atoms with Gasteiger partial charge in [-0.3, -0.25) is 0 Å². The van der Waals surface area contributed by atoms with Crippen molar-refractivity contribution in [3.63, 3.8) is 0 Å². The third-order valence-electron chi connectivity index (χ3n) is 2.27. The highest BCUT2D eigenvalue weighted by molar-refractivity contribution is 8.02. The molecule has 1 atom stereocenters. The number of thioether (sulfide) groups is 1. The van der Waals surface area contributed by atoms with Gasteiger partial charge in [0.05, 0.1) is 0 Å². The van der Waals surface area contributed by atoms with E-state index in [9.17, 15) is 0 Å². The second kappa shape index (κ2) is 3.47. The Morgan fingerprint density at radius 1 is 1.50 bits per heavy atom. The third-order valence-corrected chi connectivity index (χ3v) is 3.28. The van der Waals surface area contributed by atoms with Crippen molar-refractivity contribution in [2.75, 3.05) is 6.26 Å². The smallest absolute Gasteiger partial charge is 0.0140 e. The van der Waals surface area contributed by atoms with Gasteiger partial charge in [0.1, 0.15) is 0 Å². The summed E-state index contributed by atoms with van der Waals surface area (Å²) in [5.74, 6) is 0.922. The molecule has 0 amide bonds. The first-order valence-electron chi connectivity index (χ1n) is 3.96. The minimum absolute atomic E-state index is 0.922. The summed E-state index contributed by atoms with van der Waals surface area (Å²) in [5, 5.41) is 0. The van der Waals surface area contributed by atoms with Crippen LogP contribution in [0.2, 0.25) is 0 Å². The van der Waals surface area contributed by atoms with Gasteiger partial charge in [-0.1, -0.05) is 12.5 Å². The van der Waals surface area contributed by atoms with Crippen LogP contribution >= 0.6 is 11.8 Å². The van der Waals surface area contributed by atoms with Crippen LogP contribution in [0, 0.1) is 5.92 Å². The van der Waals surface area contributed by atoms with Crippen LogP contribution < -0.4 is 0 Å². The molecule has 1 aliphatic rings. The molecule has 1 aliphatic carbocycles. The van der Waals surface area contributed by atoms with E-state index < -0.39 is 0 Å². The zero-order chi connectivity index (χ0) is 7.56. The lowest BCUT2D eigenvalue weighted by Crippen LogP contribution is -2.03. The maximum absolute atomic E-state index is 2.35. The molecule has 0 aromatic rings. The van der Waals surface area contributed by atoms with Crippen LogP contribution in [0.5, 0.6) is 0 Å². The molecule has 0 unspecified atom stereocenters. The highest BCUT2D eigenvalue weighted by atomic mass is 32.2. The van der Waals surface area contributed by atoms with Crippen molar-refractivity contribution in [2.24, 2.45) is 5.92 Å². The van der Waals surface area contributed by atoms with Crippen LogP contribution in [-0.2, 0) is 0 Å². The Hall–Kier alpha value is 0.0900. The summed E-state index contributed by atoms with van der Waals surface area (Å²) in [4.78, 5) is 1.64. The number of hydrogen-bond donors (Lipinski definition) is 0. The third kappa shape index (κ3) is 1.79. The molecule has 1 heteroatoms. The molecule has 0 saturated heterocycles. The lowest BCUT2D eigenvalue weighted by Gasteiger charge is -2.21. The van der Waals surface area contributed by atoms with Crippen molar-refractivity contribution < 1.29 is 0 Å². The zero-order valence-corrected chi connectivity index (χ0v) is 7.92. The second-order valence-corrected chi connectivity index (χ2v) is 4.16. The molecule has 58 valence electrons. The summed E-state index contributed by atoms with van der Waals surface area (Å²) in [7, 11) is 0. The van der Waals surface area contributed by atoms with Gasteiger partial charge in [-0.15, -0.1) is 11.8 Å². The molecule has 0 aliphatic heterocycles. The molecule has 0 spiro atoms. The van der Waals surface area contributed by atoms with Crippen molar-refractivity contribution in [3.05, 3.63) is 10.5 Å². The van der Waals surface area contributed by atoms with E-state index in [1.54, 1.807) is 10.5 Å². The van der Waals surface area contributed by atoms with Gasteiger partial charge in [0.25, 0.3) is 0 Å². The topological polar surface area (TPSA) is 0 Å². The van der Waals surface area contributed by atoms with E-state index in [2.05, 4.69) is 20.1 Å². The molecule has 0 bridgehead atoms. The first-order chi connectivity index (χ1) is 4.74. The van der Waals surface area contributed by atoms with E-state index in [1.807, 2.05) is 11.8 Å². The Labute approximate surface area is 68.1 Å². The Kier molecular flexibility index (Phi) is 2.84. The van der Waals surface area contributed by atoms with Crippen LogP contribution in [0.1, 0.15) is 33.1 Å². The monoisotopic (exact) mass is 156 g/mol. The molecule has 0 nitrogen and oxygen atoms in total. The number of allylic oxidation sites excluding steroid dienone is 2. The van der Waals surface area contributed by atoms with Crippen molar-refractivity contribution >= 4 is 11.8 Å². The minimum atomic E-state index is 0.922. The molecule has 0 heterocycles. The molecule has 10 heavy (non-hydrogen) atoms. The van der Waals surface area contributed by atoms with Crippen LogP contribution in [0.25, 0.3) is 0 Å². The molecule has 0 fully saturated rings. The summed E-state index contributed by atoms with van der Waals surface area (Å²) < 4.78 is 0. The first-order valence-corrected chi connectivity index (χ1v) is 5.19. The Balaban J connectivity index is 2.62. The van der Waals surface area contributed by atoms with Crippen molar-refractivity contribution in [2.45, 2.75) is 33.1 Å². The highest BCUT2D eigenvalue weighted by Crippen LogP contribution is 2.34. The van der Waals surface area contributed by atoms with E-state index in [-0.39, 0.29) is 0 Å². The zero-order valence-electron chi connectivity index (χ0n) is 7.11. The van der Waals surface area contributed by atoms with Crippen molar-refractivity contribution in [1.29, 1.82) is 0 Å². The van der Waals surface area contributed by atoms with Crippen LogP contribution in [0.3, 0.4) is 0 Å². The van der Waals surface area contributed by atoms with Crippen molar-refractivity contribution in [1.82, 2.24) is 0 Å². The largest absolute Gasteiger partial charge is 0.134 e. The number of hydrogen-bond acceptors (Lipinski definition) is 1. The summed E-state index contributed by atoms with van der Waals surface area (Å²) in [6, 6.07) is 0. The van der Waals surface area contributed by atoms with Gasteiger partial charge in [-0.25, -0.2) is 0 Å². The van der Waals surface area contributed by atoms with Gasteiger partial charge in [-0.2, -0.15) is 0 Å². The van der Waals surface area contributed by atoms with E-state index in [4.69, 9.17) is 0 Å². The van der Waals surface area contributed by atoms with Gasteiger partial charge in [0, 0.05) is 0 Å². The molecule has 1 rings (SSSR count). The molecule has 0 aromatic heterocycles. The normalized spacial score (nSPS) is 27.3. The van der Waals surface area contributed by atoms with Gasteiger partial charge < -0.3 is 0 Å². The van der Waals surface area contributed by atoms with E-state index in [0.717, 1.165) is 5.92 Å². The van der Waals surface area contributed by atoms with E-state index in [1.165, 1.54) is 19.3 Å². The van der Waals surface area contributed by atoms with Crippen LogP contribution in [0.4, 0.5) is 0 Å². The predicted octanol–water partition coefficient (Wildman–Crippen LogP) is 3.44. The summed E-state index contributed by atoms with van der Waals surface area (Å²) in [5.41, 5.74) is 1.63. The van der Waals surface area contributed by atoms with Gasteiger partial charge in [0.15, 0.2) is 0 Å². The summed E-state index contributed by atoms with van der Waals surface area (Å²) in [6.45, 7) is 4.63. The van der Waals surface area contributed by atoms with E-state index in [0.29, 0.717) is 0 Å². The summed E-state index contributed by atoms with van der Waals surface area (Å²) in [6.07, 6.45) is 6.25. The lowest BCUT2D eigenvalue weighted by molar-refractivity contribution is 0.509. The Bertz CT molecular complexity index is 147. The fraction of sp³-hybridized carbons (Fsp3) is 0.778. The van der Waals surface area contributed by atoms with Gasteiger partial charge >= 0.3 is 0 Å². The standard InChI is InChI=1S/C9H16S/c1-7-4-5-8(2)9(6-7)10-3/h7H,4-6H2,1-3H3/t7-/m0/s1. The summed E-state index contributed by atoms with van der Waals surface area (Å²) >= 11 is 1.94. The van der Waals surface area contributed by atoms with Crippen LogP contribution in [-0.4, -0.2) is 6.26 Å². The molecule has 0 aromatic carbocycles. The number of rotatable bonds is 1. The fourth-order valence-electron chi connectivity index (χ4n) is 1.45. The van der Waals surface area contributed by atoms with Crippen molar-refractivity contribution in [3.8, 4) is 0 Å². The van der Waals surface area contributed by atoms with Crippen LogP contribution in [0.15, 0.2) is 10.5 Å².